The highest BCUT2D eigenvalue weighted by Gasteiger charge is 2.12. The number of carbonyl (C=O) groups excluding carboxylic acids is 1. The summed E-state index contributed by atoms with van der Waals surface area (Å²) in [5.74, 6) is 2.90. The van der Waals surface area contributed by atoms with E-state index in [2.05, 4.69) is 36.3 Å². The van der Waals surface area contributed by atoms with Gasteiger partial charge >= 0.3 is 0 Å². The van der Waals surface area contributed by atoms with Crippen LogP contribution in [0.15, 0.2) is 89.5 Å². The molecule has 1 aromatic heterocycles. The van der Waals surface area contributed by atoms with Gasteiger partial charge in [-0.05, 0) is 35.7 Å². The normalized spacial score (nSPS) is 10.8. The van der Waals surface area contributed by atoms with E-state index in [-0.39, 0.29) is 12.3 Å². The van der Waals surface area contributed by atoms with Crippen molar-refractivity contribution in [3.63, 3.8) is 0 Å². The molecule has 4 rings (SSSR count). The first-order valence-corrected chi connectivity index (χ1v) is 10.8. The third kappa shape index (κ3) is 5.43. The Morgan fingerprint density at radius 1 is 0.969 bits per heavy atom. The van der Waals surface area contributed by atoms with Crippen molar-refractivity contribution in [3.8, 4) is 22.8 Å². The quantitative estimate of drug-likeness (QED) is 0.335. The van der Waals surface area contributed by atoms with E-state index in [4.69, 9.17) is 9.15 Å². The highest BCUT2D eigenvalue weighted by atomic mass is 16.5. The number of oxazole rings is 1. The fourth-order valence-corrected chi connectivity index (χ4v) is 3.30. The fraction of sp³-hybridized carbons (Fsp3) is 0.185. The van der Waals surface area contributed by atoms with Gasteiger partial charge in [-0.2, -0.15) is 0 Å². The third-order valence-electron chi connectivity index (χ3n) is 5.11. The smallest absolute Gasteiger partial charge is 0.224 e. The van der Waals surface area contributed by atoms with Gasteiger partial charge in [0.15, 0.2) is 17.4 Å². The van der Waals surface area contributed by atoms with Crippen molar-refractivity contribution < 1.29 is 13.9 Å². The molecule has 5 heteroatoms. The van der Waals surface area contributed by atoms with Crippen LogP contribution in [0.1, 0.15) is 37.6 Å². The summed E-state index contributed by atoms with van der Waals surface area (Å²) in [6, 6.07) is 25.1. The van der Waals surface area contributed by atoms with E-state index in [1.807, 2.05) is 66.7 Å². The Labute approximate surface area is 188 Å². The molecule has 162 valence electrons. The molecule has 0 saturated carbocycles. The zero-order valence-corrected chi connectivity index (χ0v) is 18.2. The first-order chi connectivity index (χ1) is 15.6. The average Bonchev–Trinajstić information content (AvgIpc) is 3.29. The van der Waals surface area contributed by atoms with Crippen LogP contribution in [-0.2, 0) is 11.2 Å². The van der Waals surface area contributed by atoms with Gasteiger partial charge in [0.2, 0.25) is 5.91 Å². The minimum absolute atomic E-state index is 0.129. The monoisotopic (exact) mass is 426 g/mol. The zero-order chi connectivity index (χ0) is 22.3. The molecule has 0 atom stereocenters. The van der Waals surface area contributed by atoms with Gasteiger partial charge < -0.3 is 14.5 Å². The van der Waals surface area contributed by atoms with Crippen LogP contribution >= 0.6 is 0 Å². The number of ether oxygens (including phenoxy) is 1. The standard InChI is InChI=1S/C27H26N2O3/c1-19(2)20-12-14-21(15-13-20)25-18-28-27(32-25)17-16-26(30)29-23-10-6-7-11-24(23)31-22-8-4-3-5-9-22/h3-15,18-19H,16-17H2,1-2H3,(H,29,30). The Morgan fingerprint density at radius 2 is 1.69 bits per heavy atom. The molecule has 0 saturated heterocycles. The second-order valence-electron chi connectivity index (χ2n) is 7.85. The van der Waals surface area contributed by atoms with Crippen molar-refractivity contribution in [1.29, 1.82) is 0 Å². The number of aromatic nitrogens is 1. The third-order valence-corrected chi connectivity index (χ3v) is 5.11. The van der Waals surface area contributed by atoms with E-state index < -0.39 is 0 Å². The number of nitrogens with zero attached hydrogens (tertiary/aromatic N) is 1. The minimum Gasteiger partial charge on any atom is -0.455 e. The Hall–Kier alpha value is -3.86. The summed E-state index contributed by atoms with van der Waals surface area (Å²) in [5, 5.41) is 2.92. The van der Waals surface area contributed by atoms with Crippen LogP contribution in [0.25, 0.3) is 11.3 Å². The maximum Gasteiger partial charge on any atom is 0.224 e. The summed E-state index contributed by atoms with van der Waals surface area (Å²) in [7, 11) is 0. The molecule has 4 aromatic rings. The average molecular weight is 427 g/mol. The van der Waals surface area contributed by atoms with E-state index in [0.717, 1.165) is 5.56 Å². The van der Waals surface area contributed by atoms with Gasteiger partial charge in [-0.3, -0.25) is 4.79 Å². The van der Waals surface area contributed by atoms with Crippen LogP contribution in [0.4, 0.5) is 5.69 Å². The number of benzene rings is 3. The highest BCUT2D eigenvalue weighted by molar-refractivity contribution is 5.92. The van der Waals surface area contributed by atoms with Gasteiger partial charge in [0.25, 0.3) is 0 Å². The molecule has 0 spiro atoms. The zero-order valence-electron chi connectivity index (χ0n) is 18.2. The van der Waals surface area contributed by atoms with E-state index in [1.165, 1.54) is 5.56 Å². The minimum atomic E-state index is -0.129. The summed E-state index contributed by atoms with van der Waals surface area (Å²) in [5.41, 5.74) is 2.88. The molecule has 1 heterocycles. The van der Waals surface area contributed by atoms with Crippen LogP contribution in [0, 0.1) is 0 Å². The van der Waals surface area contributed by atoms with E-state index in [0.29, 0.717) is 41.2 Å². The Morgan fingerprint density at radius 3 is 2.44 bits per heavy atom. The van der Waals surface area contributed by atoms with Gasteiger partial charge in [0.1, 0.15) is 5.75 Å². The van der Waals surface area contributed by atoms with Gasteiger partial charge in [-0.25, -0.2) is 4.98 Å². The first kappa shape index (κ1) is 21.4. The summed E-state index contributed by atoms with van der Waals surface area (Å²) in [4.78, 5) is 16.9. The fourth-order valence-electron chi connectivity index (χ4n) is 3.30. The van der Waals surface area contributed by atoms with Crippen molar-refractivity contribution in [2.45, 2.75) is 32.6 Å². The van der Waals surface area contributed by atoms with Gasteiger partial charge in [-0.1, -0.05) is 68.4 Å². The number of rotatable bonds is 8. The maximum absolute atomic E-state index is 12.5. The van der Waals surface area contributed by atoms with Crippen molar-refractivity contribution in [3.05, 3.63) is 96.5 Å². The number of aryl methyl sites for hydroxylation is 1. The number of amides is 1. The number of hydrogen-bond acceptors (Lipinski definition) is 4. The number of para-hydroxylation sites is 3. The second-order valence-corrected chi connectivity index (χ2v) is 7.85. The molecule has 0 aliphatic rings. The molecular weight excluding hydrogens is 400 g/mol. The SMILES string of the molecule is CC(C)c1ccc(-c2cnc(CCC(=O)Nc3ccccc3Oc3ccccc3)o2)cc1. The molecule has 0 unspecified atom stereocenters. The van der Waals surface area contributed by atoms with Crippen molar-refractivity contribution >= 4 is 11.6 Å². The summed E-state index contributed by atoms with van der Waals surface area (Å²) in [6.45, 7) is 4.33. The summed E-state index contributed by atoms with van der Waals surface area (Å²) < 4.78 is 11.8. The number of anilines is 1. The van der Waals surface area contributed by atoms with Crippen molar-refractivity contribution in [2.75, 3.05) is 5.32 Å². The molecule has 0 aliphatic heterocycles. The molecule has 0 radical (unpaired) electrons. The molecule has 1 N–H and O–H groups in total. The van der Waals surface area contributed by atoms with E-state index >= 15 is 0 Å². The number of carbonyl (C=O) groups is 1. The van der Waals surface area contributed by atoms with Gasteiger partial charge in [0.05, 0.1) is 11.9 Å². The van der Waals surface area contributed by atoms with Crippen LogP contribution in [-0.4, -0.2) is 10.9 Å². The Bertz CT molecular complexity index is 1170. The lowest BCUT2D eigenvalue weighted by Crippen LogP contribution is -2.13. The Kier molecular flexibility index (Phi) is 6.66. The number of nitrogens with one attached hydrogen (secondary N) is 1. The van der Waals surface area contributed by atoms with Crippen LogP contribution in [0.5, 0.6) is 11.5 Å². The van der Waals surface area contributed by atoms with Crippen LogP contribution in [0.3, 0.4) is 0 Å². The maximum atomic E-state index is 12.5. The summed E-state index contributed by atoms with van der Waals surface area (Å²) >= 11 is 0. The first-order valence-electron chi connectivity index (χ1n) is 10.8. The van der Waals surface area contributed by atoms with Crippen LogP contribution < -0.4 is 10.1 Å². The lowest BCUT2D eigenvalue weighted by atomic mass is 10.0. The van der Waals surface area contributed by atoms with Crippen molar-refractivity contribution in [2.24, 2.45) is 0 Å². The molecular formula is C27H26N2O3. The molecule has 5 nitrogen and oxygen atoms in total. The predicted molar refractivity (Wildman–Crippen MR) is 126 cm³/mol. The van der Waals surface area contributed by atoms with E-state index in [1.54, 1.807) is 6.20 Å². The molecule has 0 aliphatic carbocycles. The molecule has 1 amide bonds. The van der Waals surface area contributed by atoms with E-state index in [9.17, 15) is 4.79 Å². The molecule has 3 aromatic carbocycles. The molecule has 0 bridgehead atoms. The van der Waals surface area contributed by atoms with Crippen LogP contribution in [0.2, 0.25) is 0 Å². The number of hydrogen-bond donors (Lipinski definition) is 1. The van der Waals surface area contributed by atoms with Crippen molar-refractivity contribution in [1.82, 2.24) is 4.98 Å². The molecule has 32 heavy (non-hydrogen) atoms. The Balaban J connectivity index is 1.35. The highest BCUT2D eigenvalue weighted by Crippen LogP contribution is 2.29. The lowest BCUT2D eigenvalue weighted by Gasteiger charge is -2.12. The summed E-state index contributed by atoms with van der Waals surface area (Å²) in [6.07, 6.45) is 2.38. The van der Waals surface area contributed by atoms with Gasteiger partial charge in [0, 0.05) is 18.4 Å². The topological polar surface area (TPSA) is 64.4 Å². The molecule has 0 fully saturated rings. The lowest BCUT2D eigenvalue weighted by molar-refractivity contribution is -0.116. The predicted octanol–water partition coefficient (Wildman–Crippen LogP) is 6.83. The largest absolute Gasteiger partial charge is 0.455 e. The van der Waals surface area contributed by atoms with Gasteiger partial charge in [-0.15, -0.1) is 0 Å². The second kappa shape index (κ2) is 9.96.